The second-order valence-electron chi connectivity index (χ2n) is 7.85. The summed E-state index contributed by atoms with van der Waals surface area (Å²) in [5.74, 6) is -1.10. The van der Waals surface area contributed by atoms with Crippen LogP contribution in [0.5, 0.6) is 0 Å². The molecule has 1 unspecified atom stereocenters. The zero-order chi connectivity index (χ0) is 22.9. The van der Waals surface area contributed by atoms with E-state index in [0.717, 1.165) is 6.26 Å². The second-order valence-corrected chi connectivity index (χ2v) is 11.7. The number of nitrogens with zero attached hydrogens (tertiary/aromatic N) is 1. The molecule has 172 valence electrons. The molecule has 1 amide bonds. The molecular formula is C21H29FN2O4S3. The van der Waals surface area contributed by atoms with Gasteiger partial charge in [0.2, 0.25) is 0 Å². The van der Waals surface area contributed by atoms with Crippen molar-refractivity contribution in [1.29, 1.82) is 0 Å². The van der Waals surface area contributed by atoms with Crippen LogP contribution in [0.1, 0.15) is 56.2 Å². The van der Waals surface area contributed by atoms with Gasteiger partial charge in [-0.2, -0.15) is 13.5 Å². The molecule has 2 aromatic carbocycles. The number of carbonyl (C=O) groups excluding carboxylic acids is 1. The third-order valence-electron chi connectivity index (χ3n) is 4.68. The summed E-state index contributed by atoms with van der Waals surface area (Å²) >= 11 is 0. The van der Waals surface area contributed by atoms with E-state index in [0.29, 0.717) is 16.7 Å². The minimum atomic E-state index is -3.56. The molecular weight excluding hydrogens is 459 g/mol. The largest absolute Gasteiger partial charge is 0.272 e. The van der Waals surface area contributed by atoms with E-state index >= 15 is 0 Å². The van der Waals surface area contributed by atoms with Crippen LogP contribution in [-0.4, -0.2) is 24.8 Å². The molecule has 0 aromatic heterocycles. The minimum Gasteiger partial charge on any atom is -0.272 e. The number of carbonyl (C=O) groups is 1. The van der Waals surface area contributed by atoms with Crippen molar-refractivity contribution in [3.63, 3.8) is 0 Å². The molecule has 2 aromatic rings. The van der Waals surface area contributed by atoms with Gasteiger partial charge in [-0.05, 0) is 64.9 Å². The summed E-state index contributed by atoms with van der Waals surface area (Å²) in [6.45, 7) is 7.61. The Balaban J connectivity index is 0.00000480. The SMILES string of the molecule is CC(C)c1cc(F)cc(C(C)C)c1CC(=O)N=S(N)(=O)c1ccc(S(C)(=O)=O)cc1.S. The number of benzene rings is 2. The van der Waals surface area contributed by atoms with Gasteiger partial charge in [0, 0.05) is 6.26 Å². The van der Waals surface area contributed by atoms with Gasteiger partial charge < -0.3 is 0 Å². The van der Waals surface area contributed by atoms with Crippen molar-refractivity contribution in [2.75, 3.05) is 6.26 Å². The number of halogens is 1. The maximum atomic E-state index is 14.1. The fourth-order valence-corrected chi connectivity index (χ4v) is 4.81. The third-order valence-corrected chi connectivity index (χ3v) is 7.23. The van der Waals surface area contributed by atoms with Crippen LogP contribution in [0.3, 0.4) is 0 Å². The second kappa shape index (κ2) is 10.2. The van der Waals surface area contributed by atoms with Crippen molar-refractivity contribution in [3.05, 3.63) is 58.9 Å². The van der Waals surface area contributed by atoms with Gasteiger partial charge in [-0.15, -0.1) is 4.36 Å². The Labute approximate surface area is 191 Å². The summed E-state index contributed by atoms with van der Waals surface area (Å²) in [6, 6.07) is 7.92. The van der Waals surface area contributed by atoms with Crippen molar-refractivity contribution >= 4 is 39.2 Å². The maximum Gasteiger partial charge on any atom is 0.259 e. The third kappa shape index (κ3) is 6.86. The average Bonchev–Trinajstić information content (AvgIpc) is 2.61. The van der Waals surface area contributed by atoms with Gasteiger partial charge in [-0.25, -0.2) is 22.2 Å². The molecule has 0 radical (unpaired) electrons. The maximum absolute atomic E-state index is 14.1. The summed E-state index contributed by atoms with van der Waals surface area (Å²) in [5, 5.41) is 5.80. The van der Waals surface area contributed by atoms with Crippen LogP contribution in [-0.2, 0) is 31.0 Å². The molecule has 31 heavy (non-hydrogen) atoms. The first-order chi connectivity index (χ1) is 13.7. The lowest BCUT2D eigenvalue weighted by Gasteiger charge is -2.19. The summed E-state index contributed by atoms with van der Waals surface area (Å²) in [5.41, 5.74) is 2.06. The molecule has 0 aliphatic heterocycles. The van der Waals surface area contributed by atoms with Crippen LogP contribution in [0.15, 0.2) is 50.6 Å². The van der Waals surface area contributed by atoms with Crippen molar-refractivity contribution in [2.24, 2.45) is 9.50 Å². The Morgan fingerprint density at radius 1 is 0.968 bits per heavy atom. The van der Waals surface area contributed by atoms with Gasteiger partial charge in [-0.1, -0.05) is 27.7 Å². The molecule has 0 saturated heterocycles. The Bertz CT molecular complexity index is 1150. The van der Waals surface area contributed by atoms with Crippen molar-refractivity contribution in [2.45, 2.75) is 55.7 Å². The quantitative estimate of drug-likeness (QED) is 0.662. The first-order valence-corrected chi connectivity index (χ1v) is 12.9. The molecule has 0 saturated carbocycles. The highest BCUT2D eigenvalue weighted by Gasteiger charge is 2.20. The van der Waals surface area contributed by atoms with E-state index < -0.39 is 25.7 Å². The molecule has 2 rings (SSSR count). The van der Waals surface area contributed by atoms with Crippen LogP contribution >= 0.6 is 13.5 Å². The highest BCUT2D eigenvalue weighted by Crippen LogP contribution is 2.30. The topological polar surface area (TPSA) is 107 Å². The van der Waals surface area contributed by atoms with E-state index in [4.69, 9.17) is 5.14 Å². The number of rotatable bonds is 6. The summed E-state index contributed by atoms with van der Waals surface area (Å²) in [7, 11) is -6.98. The highest BCUT2D eigenvalue weighted by atomic mass is 32.2. The van der Waals surface area contributed by atoms with Crippen molar-refractivity contribution < 1.29 is 21.8 Å². The smallest absolute Gasteiger partial charge is 0.259 e. The standard InChI is InChI=1S/C21H27FN2O4S2.H2S/c1-13(2)18-10-15(22)11-19(14(3)4)20(18)12-21(25)24-30(23,28)17-8-6-16(7-9-17)29(5,26)27;/h6-11,13-14H,12H2,1-5H3,(H2,23,24,25,28);1H2. The van der Waals surface area contributed by atoms with Gasteiger partial charge in [0.25, 0.3) is 5.91 Å². The lowest BCUT2D eigenvalue weighted by molar-refractivity contribution is -0.117. The van der Waals surface area contributed by atoms with E-state index in [9.17, 15) is 21.8 Å². The number of hydrogen-bond donors (Lipinski definition) is 1. The average molecular weight is 489 g/mol. The lowest BCUT2D eigenvalue weighted by atomic mass is 9.87. The zero-order valence-electron chi connectivity index (χ0n) is 18.2. The molecule has 0 spiro atoms. The molecule has 10 heteroatoms. The summed E-state index contributed by atoms with van der Waals surface area (Å²) in [6.07, 6.45) is 0.897. The fraction of sp³-hybridized carbons (Fsp3) is 0.381. The van der Waals surface area contributed by atoms with Crippen molar-refractivity contribution in [1.82, 2.24) is 0 Å². The van der Waals surface area contributed by atoms with E-state index in [-0.39, 0.29) is 47.4 Å². The molecule has 2 N–H and O–H groups in total. The van der Waals surface area contributed by atoms with Gasteiger partial charge >= 0.3 is 0 Å². The van der Waals surface area contributed by atoms with Gasteiger partial charge in [-0.3, -0.25) is 4.79 Å². The Hall–Kier alpha value is -1.75. The van der Waals surface area contributed by atoms with Crippen molar-refractivity contribution in [3.8, 4) is 0 Å². The number of hydrogen-bond acceptors (Lipinski definition) is 4. The molecule has 0 heterocycles. The molecule has 0 aliphatic carbocycles. The zero-order valence-corrected chi connectivity index (χ0v) is 20.8. The molecule has 6 nitrogen and oxygen atoms in total. The van der Waals surface area contributed by atoms with Crippen LogP contribution < -0.4 is 5.14 Å². The molecule has 1 atom stereocenters. The van der Waals surface area contributed by atoms with Crippen LogP contribution in [0.2, 0.25) is 0 Å². The Morgan fingerprint density at radius 2 is 1.39 bits per heavy atom. The first-order valence-electron chi connectivity index (χ1n) is 9.42. The van der Waals surface area contributed by atoms with Gasteiger partial charge in [0.05, 0.1) is 16.2 Å². The van der Waals surface area contributed by atoms with Gasteiger partial charge in [0.1, 0.15) is 15.7 Å². The molecule has 0 bridgehead atoms. The van der Waals surface area contributed by atoms with Crippen LogP contribution in [0, 0.1) is 5.82 Å². The monoisotopic (exact) mass is 488 g/mol. The predicted octanol–water partition coefficient (Wildman–Crippen LogP) is 4.06. The predicted molar refractivity (Wildman–Crippen MR) is 126 cm³/mol. The van der Waals surface area contributed by atoms with E-state index in [2.05, 4.69) is 4.36 Å². The van der Waals surface area contributed by atoms with Crippen LogP contribution in [0.25, 0.3) is 0 Å². The number of nitrogens with two attached hydrogens (primary N) is 1. The van der Waals surface area contributed by atoms with E-state index in [1.165, 1.54) is 36.4 Å². The normalized spacial score (nSPS) is 13.6. The van der Waals surface area contributed by atoms with Crippen LogP contribution in [0.4, 0.5) is 4.39 Å². The van der Waals surface area contributed by atoms with Gasteiger partial charge in [0.15, 0.2) is 9.84 Å². The molecule has 0 aliphatic rings. The summed E-state index contributed by atoms with van der Waals surface area (Å²) < 4.78 is 53.7. The van der Waals surface area contributed by atoms with E-state index in [1.807, 2.05) is 27.7 Å². The highest BCUT2D eigenvalue weighted by molar-refractivity contribution is 7.92. The summed E-state index contributed by atoms with van der Waals surface area (Å²) in [4.78, 5) is 12.7. The Morgan fingerprint density at radius 3 is 1.77 bits per heavy atom. The minimum absolute atomic E-state index is 0. The molecule has 0 fully saturated rings. The number of amides is 1. The fourth-order valence-electron chi connectivity index (χ4n) is 3.18. The number of sulfone groups is 1. The Kier molecular flexibility index (Phi) is 9.02. The first kappa shape index (κ1) is 27.3. The van der Waals surface area contributed by atoms with E-state index in [1.54, 1.807) is 0 Å². The lowest BCUT2D eigenvalue weighted by Crippen LogP contribution is -2.17.